The Balaban J connectivity index is 2.96. The number of allylic oxidation sites excluding steroid dienone is 1. The molecule has 0 aromatic heterocycles. The predicted molar refractivity (Wildman–Crippen MR) is 67.6 cm³/mol. The minimum Gasteiger partial charge on any atom is -0.392 e. The Morgan fingerprint density at radius 3 is 2.88 bits per heavy atom. The van der Waals surface area contributed by atoms with Gasteiger partial charge in [-0.25, -0.2) is 4.85 Å². The highest BCUT2D eigenvalue weighted by Crippen LogP contribution is 2.22. The van der Waals surface area contributed by atoms with Crippen molar-refractivity contribution in [2.75, 3.05) is 0 Å². The van der Waals surface area contributed by atoms with Gasteiger partial charge in [0, 0.05) is 6.42 Å². The quantitative estimate of drug-likeness (QED) is 0.622. The van der Waals surface area contributed by atoms with E-state index in [0.29, 0.717) is 17.7 Å². The van der Waals surface area contributed by atoms with Crippen LogP contribution in [0.1, 0.15) is 30.9 Å². The molecule has 1 aromatic carbocycles. The van der Waals surface area contributed by atoms with Gasteiger partial charge in [0.15, 0.2) is 11.5 Å². The summed E-state index contributed by atoms with van der Waals surface area (Å²) in [5, 5.41) is 9.02. The Kier molecular flexibility index (Phi) is 5.12. The Morgan fingerprint density at radius 2 is 2.29 bits per heavy atom. The molecule has 88 valence electrons. The largest absolute Gasteiger partial charge is 0.392 e. The average Bonchev–Trinajstić information content (AvgIpc) is 2.36. The highest BCUT2D eigenvalue weighted by atomic mass is 16.3. The van der Waals surface area contributed by atoms with Crippen LogP contribution in [0.4, 0.5) is 5.69 Å². The van der Waals surface area contributed by atoms with Crippen LogP contribution < -0.4 is 0 Å². The molecule has 0 aliphatic rings. The Morgan fingerprint density at radius 1 is 1.53 bits per heavy atom. The van der Waals surface area contributed by atoms with Crippen LogP contribution in [-0.2, 0) is 11.4 Å². The lowest BCUT2D eigenvalue weighted by atomic mass is 10.1. The molecule has 0 saturated heterocycles. The lowest BCUT2D eigenvalue weighted by molar-refractivity contribution is -0.114. The van der Waals surface area contributed by atoms with Crippen molar-refractivity contribution in [3.05, 3.63) is 46.8 Å². The summed E-state index contributed by atoms with van der Waals surface area (Å²) in [5.74, 6) is 0.0535. The van der Waals surface area contributed by atoms with Crippen LogP contribution in [0.3, 0.4) is 0 Å². The summed E-state index contributed by atoms with van der Waals surface area (Å²) in [5.41, 5.74) is 1.90. The van der Waals surface area contributed by atoms with Crippen LogP contribution in [0.2, 0.25) is 0 Å². The average molecular weight is 229 g/mol. The van der Waals surface area contributed by atoms with Gasteiger partial charge in [0.2, 0.25) is 0 Å². The summed E-state index contributed by atoms with van der Waals surface area (Å²) >= 11 is 0. The minimum atomic E-state index is -0.0674. The number of nitrogens with zero attached hydrogens (tertiary/aromatic N) is 1. The third-order valence-corrected chi connectivity index (χ3v) is 2.34. The normalized spacial score (nSPS) is 10.4. The molecule has 0 radical (unpaired) electrons. The monoisotopic (exact) mass is 229 g/mol. The fourth-order valence-corrected chi connectivity index (χ4v) is 1.45. The van der Waals surface area contributed by atoms with E-state index in [1.54, 1.807) is 24.3 Å². The van der Waals surface area contributed by atoms with E-state index in [0.717, 1.165) is 12.0 Å². The first-order valence-corrected chi connectivity index (χ1v) is 5.53. The van der Waals surface area contributed by atoms with Crippen LogP contribution in [0.5, 0.6) is 0 Å². The molecule has 3 heteroatoms. The highest BCUT2D eigenvalue weighted by Gasteiger charge is 2.01. The molecular weight excluding hydrogens is 214 g/mol. The topological polar surface area (TPSA) is 41.7 Å². The SMILES string of the molecule is [C-]#[N+]c1ccc(CO)cc1C=CC(=O)CCC. The molecule has 0 aliphatic heterocycles. The van der Waals surface area contributed by atoms with E-state index in [2.05, 4.69) is 4.85 Å². The van der Waals surface area contributed by atoms with E-state index in [9.17, 15) is 4.79 Å². The van der Waals surface area contributed by atoms with E-state index < -0.39 is 0 Å². The number of benzene rings is 1. The van der Waals surface area contributed by atoms with Crippen molar-refractivity contribution in [3.8, 4) is 0 Å². The maximum Gasteiger partial charge on any atom is 0.194 e. The lowest BCUT2D eigenvalue weighted by Gasteiger charge is -2.01. The van der Waals surface area contributed by atoms with E-state index >= 15 is 0 Å². The van der Waals surface area contributed by atoms with Gasteiger partial charge >= 0.3 is 0 Å². The first-order valence-electron chi connectivity index (χ1n) is 5.53. The molecule has 0 bridgehead atoms. The van der Waals surface area contributed by atoms with Crippen molar-refractivity contribution in [3.63, 3.8) is 0 Å². The van der Waals surface area contributed by atoms with Gasteiger partial charge in [0.25, 0.3) is 0 Å². The molecule has 0 atom stereocenters. The van der Waals surface area contributed by atoms with Gasteiger partial charge in [-0.05, 0) is 23.6 Å². The van der Waals surface area contributed by atoms with Gasteiger partial charge in [-0.3, -0.25) is 4.79 Å². The number of rotatable bonds is 5. The van der Waals surface area contributed by atoms with Gasteiger partial charge in [-0.1, -0.05) is 31.2 Å². The third kappa shape index (κ3) is 3.86. The third-order valence-electron chi connectivity index (χ3n) is 2.34. The van der Waals surface area contributed by atoms with Crippen molar-refractivity contribution in [2.24, 2.45) is 0 Å². The zero-order valence-corrected chi connectivity index (χ0v) is 9.81. The predicted octanol–water partition coefficient (Wildman–Crippen LogP) is 3.11. The summed E-state index contributed by atoms with van der Waals surface area (Å²) in [4.78, 5) is 14.7. The number of hydrogen-bond donors (Lipinski definition) is 1. The second-order valence-corrected chi connectivity index (χ2v) is 3.71. The number of carbonyl (C=O) groups is 1. The molecule has 0 fully saturated rings. The van der Waals surface area contributed by atoms with Gasteiger partial charge in [0.05, 0.1) is 13.2 Å². The summed E-state index contributed by atoms with van der Waals surface area (Å²) in [6.45, 7) is 8.90. The first kappa shape index (κ1) is 13.1. The maximum absolute atomic E-state index is 11.4. The minimum absolute atomic E-state index is 0.0535. The number of aliphatic hydroxyl groups excluding tert-OH is 1. The fraction of sp³-hybridized carbons (Fsp3) is 0.286. The fourth-order valence-electron chi connectivity index (χ4n) is 1.45. The molecule has 0 unspecified atom stereocenters. The summed E-state index contributed by atoms with van der Waals surface area (Å²) in [6.07, 6.45) is 4.47. The number of aliphatic hydroxyl groups is 1. The standard InChI is InChI=1S/C14H15NO2/c1-3-4-13(17)7-6-12-9-11(10-16)5-8-14(12)15-2/h5-9,16H,3-4,10H2,1H3. The Labute approximate surface area is 101 Å². The molecule has 17 heavy (non-hydrogen) atoms. The first-order chi connectivity index (χ1) is 8.21. The lowest BCUT2D eigenvalue weighted by Crippen LogP contribution is -1.90. The molecule has 1 N–H and O–H groups in total. The summed E-state index contributed by atoms with van der Waals surface area (Å²) in [6, 6.07) is 5.09. The van der Waals surface area contributed by atoms with Gasteiger partial charge < -0.3 is 5.11 Å². The zero-order valence-electron chi connectivity index (χ0n) is 9.81. The molecule has 0 saturated carbocycles. The van der Waals surface area contributed by atoms with Crippen molar-refractivity contribution >= 4 is 17.5 Å². The molecule has 0 amide bonds. The number of hydrogen-bond acceptors (Lipinski definition) is 2. The number of carbonyl (C=O) groups excluding carboxylic acids is 1. The second kappa shape index (κ2) is 6.62. The van der Waals surface area contributed by atoms with E-state index in [1.807, 2.05) is 6.92 Å². The van der Waals surface area contributed by atoms with Crippen molar-refractivity contribution in [1.29, 1.82) is 0 Å². The molecule has 0 aliphatic carbocycles. The molecule has 3 nitrogen and oxygen atoms in total. The smallest absolute Gasteiger partial charge is 0.194 e. The zero-order chi connectivity index (χ0) is 12.7. The van der Waals surface area contributed by atoms with E-state index in [-0.39, 0.29) is 12.4 Å². The summed E-state index contributed by atoms with van der Waals surface area (Å²) in [7, 11) is 0. The Bertz CT molecular complexity index is 470. The molecule has 0 spiro atoms. The molecular formula is C14H15NO2. The van der Waals surface area contributed by atoms with Crippen LogP contribution >= 0.6 is 0 Å². The second-order valence-electron chi connectivity index (χ2n) is 3.71. The number of ketones is 1. The van der Waals surface area contributed by atoms with Crippen molar-refractivity contribution in [1.82, 2.24) is 0 Å². The van der Waals surface area contributed by atoms with Crippen LogP contribution in [0.15, 0.2) is 24.3 Å². The van der Waals surface area contributed by atoms with Crippen molar-refractivity contribution < 1.29 is 9.90 Å². The Hall–Kier alpha value is -1.92. The molecule has 0 heterocycles. The molecule has 1 aromatic rings. The van der Waals surface area contributed by atoms with Crippen LogP contribution in [0.25, 0.3) is 10.9 Å². The molecule has 1 rings (SSSR count). The van der Waals surface area contributed by atoms with E-state index in [1.165, 1.54) is 6.08 Å². The summed E-state index contributed by atoms with van der Waals surface area (Å²) < 4.78 is 0. The highest BCUT2D eigenvalue weighted by molar-refractivity contribution is 5.94. The van der Waals surface area contributed by atoms with Gasteiger partial charge in [0.1, 0.15) is 0 Å². The van der Waals surface area contributed by atoms with Crippen LogP contribution in [0, 0.1) is 6.57 Å². The van der Waals surface area contributed by atoms with Gasteiger partial charge in [-0.2, -0.15) is 0 Å². The van der Waals surface area contributed by atoms with Crippen LogP contribution in [-0.4, -0.2) is 10.9 Å². The van der Waals surface area contributed by atoms with E-state index in [4.69, 9.17) is 11.7 Å². The maximum atomic E-state index is 11.4. The van der Waals surface area contributed by atoms with Crippen molar-refractivity contribution in [2.45, 2.75) is 26.4 Å². The van der Waals surface area contributed by atoms with Gasteiger partial charge in [-0.15, -0.1) is 0 Å².